The van der Waals surface area contributed by atoms with Crippen molar-refractivity contribution in [3.8, 4) is 0 Å². The Morgan fingerprint density at radius 1 is 0.909 bits per heavy atom. The molecule has 5 heteroatoms. The van der Waals surface area contributed by atoms with Gasteiger partial charge in [0.25, 0.3) is 0 Å². The van der Waals surface area contributed by atoms with E-state index in [1.807, 2.05) is 6.92 Å². The fourth-order valence-electron chi connectivity index (χ4n) is 0.115. The summed E-state index contributed by atoms with van der Waals surface area (Å²) in [4.78, 5) is 0. The Morgan fingerprint density at radius 3 is 1.09 bits per heavy atom. The van der Waals surface area contributed by atoms with Gasteiger partial charge in [-0.3, -0.25) is 0 Å². The molecule has 0 rings (SSSR count). The molecule has 0 atom stereocenters. The van der Waals surface area contributed by atoms with Gasteiger partial charge in [-0.25, -0.2) is 6.17 Å². The summed E-state index contributed by atoms with van der Waals surface area (Å²) in [5.74, 6) is 0. The van der Waals surface area contributed by atoms with Crippen LogP contribution < -0.4 is 0 Å². The van der Waals surface area contributed by atoms with Crippen LogP contribution in [0.25, 0.3) is 22.9 Å². The molecule has 0 aromatic rings. The van der Waals surface area contributed by atoms with Crippen LogP contribution in [0.1, 0.15) is 6.92 Å². The second kappa shape index (κ2) is 31.3. The van der Waals surface area contributed by atoms with E-state index in [4.69, 9.17) is 0 Å². The van der Waals surface area contributed by atoms with E-state index < -0.39 is 0 Å². The smallest absolute Gasteiger partial charge is 0 e. The van der Waals surface area contributed by atoms with Gasteiger partial charge in [0.2, 0.25) is 0 Å². The maximum atomic E-state index is 3.84. The molecule has 4 nitrogen and oxygen atoms in total. The van der Waals surface area contributed by atoms with Gasteiger partial charge in [-0.05, 0) is 0 Å². The van der Waals surface area contributed by atoms with E-state index in [1.165, 1.54) is 0 Å². The van der Waals surface area contributed by atoms with Gasteiger partial charge in [0.15, 0.2) is 0 Å². The van der Waals surface area contributed by atoms with E-state index in [1.54, 1.807) is 14.1 Å². The molecule has 11 heavy (non-hydrogen) atoms. The molecule has 79 valence electrons. The van der Waals surface area contributed by atoms with Crippen molar-refractivity contribution in [1.29, 1.82) is 0 Å². The van der Waals surface area contributed by atoms with E-state index in [9.17, 15) is 0 Å². The number of nitrogens with zero attached hydrogens (tertiary/aromatic N) is 2. The Balaban J connectivity index is -0.0000000125. The van der Waals surface area contributed by atoms with Crippen LogP contribution >= 0.6 is 0 Å². The minimum atomic E-state index is 0. The average Bonchev–Trinajstić information content (AvgIpc) is 1.65. The second-order valence-corrected chi connectivity index (χ2v) is 1.15. The Bertz CT molecular complexity index is 33.8. The van der Waals surface area contributed by atoms with Crippen LogP contribution in [-0.2, 0) is 20.1 Å². The summed E-state index contributed by atoms with van der Waals surface area (Å²) in [7, 11) is 3.52. The number of nitrogens with two attached hydrogens (primary N) is 2. The van der Waals surface area contributed by atoms with E-state index in [2.05, 4.69) is 10.6 Å². The van der Waals surface area contributed by atoms with E-state index in [0.717, 1.165) is 0 Å². The molecule has 4 N–H and O–H groups in total. The first-order valence-corrected chi connectivity index (χ1v) is 1.99. The molecule has 0 amide bonds. The van der Waals surface area contributed by atoms with Gasteiger partial charge in [-0.2, -0.15) is 14.1 Å². The van der Waals surface area contributed by atoms with Gasteiger partial charge in [0.1, 0.15) is 0 Å². The van der Waals surface area contributed by atoms with Crippen LogP contribution in [0.15, 0.2) is 0 Å². The first kappa shape index (κ1) is 42.0. The van der Waals surface area contributed by atoms with Gasteiger partial charge in [-0.1, -0.05) is 0 Å². The zero-order valence-corrected chi connectivity index (χ0v) is 10.4. The summed E-state index contributed by atoms with van der Waals surface area (Å²) in [6, 6.07) is 0. The monoisotopic (exact) mass is 341 g/mol. The van der Waals surface area contributed by atoms with Crippen molar-refractivity contribution in [3.63, 3.8) is 0 Å². The molecule has 0 aromatic heterocycles. The predicted octanol–water partition coefficient (Wildman–Crippen LogP) is 3.67. The maximum absolute atomic E-state index is 3.84. The van der Waals surface area contributed by atoms with Gasteiger partial charge in [0.05, 0.1) is 0 Å². The number of rotatable bonds is 2. The molecule has 0 saturated heterocycles. The number of hydrogen-bond acceptors (Lipinski definition) is 0. The third kappa shape index (κ3) is 37.5. The first-order chi connectivity index (χ1) is 2.81. The van der Waals surface area contributed by atoms with Crippen LogP contribution in [0.5, 0.6) is 0 Å². The zero-order valence-electron chi connectivity index (χ0n) is 7.96. The molecule has 0 aliphatic rings. The maximum Gasteiger partial charge on any atom is 0 e. The second-order valence-electron chi connectivity index (χ2n) is 1.15. The minimum Gasteiger partial charge on any atom is -0.693 e. The quantitative estimate of drug-likeness (QED) is 0.686. The standard InChI is InChI=1S/C4H10N2.2CH3.Ir.2H2N/c1-4(5-2)6-3;;;;;/h4H,1-3H3;2*1H3;;2*1H2/q-2;2*-1;;2*-1. The van der Waals surface area contributed by atoms with Crippen LogP contribution in [0.3, 0.4) is 0 Å². The molecule has 0 aliphatic heterocycles. The molecule has 0 bridgehead atoms. The van der Waals surface area contributed by atoms with Crippen molar-refractivity contribution in [2.45, 2.75) is 13.1 Å². The summed E-state index contributed by atoms with van der Waals surface area (Å²) >= 11 is 0. The SMILES string of the molecule is C[N-]C(C)[N-]C.[CH3-].[CH3-].[Ir].[NH2-].[NH2-]. The van der Waals surface area contributed by atoms with Crippen molar-refractivity contribution < 1.29 is 20.1 Å². The molecule has 0 aromatic carbocycles. The Labute approximate surface area is 85.4 Å². The van der Waals surface area contributed by atoms with E-state index >= 15 is 0 Å². The van der Waals surface area contributed by atoms with E-state index in [0.29, 0.717) is 0 Å². The fourth-order valence-corrected chi connectivity index (χ4v) is 0.115. The predicted molar refractivity (Wildman–Crippen MR) is 51.4 cm³/mol. The Hall–Kier alpha value is 0.489. The van der Waals surface area contributed by atoms with Gasteiger partial charge in [-0.15, -0.1) is 6.92 Å². The van der Waals surface area contributed by atoms with Crippen molar-refractivity contribution in [1.82, 2.24) is 0 Å². The Kier molecular flexibility index (Phi) is 120. The van der Waals surface area contributed by atoms with Crippen LogP contribution in [0.4, 0.5) is 0 Å². The van der Waals surface area contributed by atoms with E-state index in [-0.39, 0.29) is 53.4 Å². The third-order valence-corrected chi connectivity index (χ3v) is 0.747. The molecule has 0 unspecified atom stereocenters. The summed E-state index contributed by atoms with van der Waals surface area (Å²) in [6.45, 7) is 1.94. The fraction of sp³-hybridized carbons (Fsp3) is 0.667. The summed E-state index contributed by atoms with van der Waals surface area (Å²) < 4.78 is 0. The van der Waals surface area contributed by atoms with Gasteiger partial charge >= 0.3 is 0 Å². The van der Waals surface area contributed by atoms with Crippen LogP contribution in [-0.4, -0.2) is 20.3 Å². The average molecular weight is 340 g/mol. The first-order valence-electron chi connectivity index (χ1n) is 1.99. The van der Waals surface area contributed by atoms with Crippen LogP contribution in [0.2, 0.25) is 0 Å². The van der Waals surface area contributed by atoms with Crippen molar-refractivity contribution in [2.75, 3.05) is 14.1 Å². The minimum absolute atomic E-state index is 0. The van der Waals surface area contributed by atoms with Gasteiger partial charge < -0.3 is 37.8 Å². The third-order valence-electron chi connectivity index (χ3n) is 0.747. The molecular formula is C6H20IrN4-6. The molecule has 1 radical (unpaired) electrons. The molecule has 0 aliphatic carbocycles. The van der Waals surface area contributed by atoms with Crippen molar-refractivity contribution >= 4 is 0 Å². The van der Waals surface area contributed by atoms with Crippen molar-refractivity contribution in [3.05, 3.63) is 37.8 Å². The normalized spacial score (nSPS) is 5.45. The summed E-state index contributed by atoms with van der Waals surface area (Å²) in [5, 5.41) is 7.68. The molecule has 0 saturated carbocycles. The molecular weight excluding hydrogens is 320 g/mol. The molecule has 0 spiro atoms. The van der Waals surface area contributed by atoms with Crippen molar-refractivity contribution in [2.24, 2.45) is 0 Å². The molecule has 0 fully saturated rings. The largest absolute Gasteiger partial charge is 0.693 e. The topological polar surface area (TPSA) is 95.2 Å². The zero-order chi connectivity index (χ0) is 4.99. The Morgan fingerprint density at radius 2 is 1.09 bits per heavy atom. The summed E-state index contributed by atoms with van der Waals surface area (Å²) in [6.07, 6.45) is 0.185. The van der Waals surface area contributed by atoms with Gasteiger partial charge in [0, 0.05) is 20.1 Å². The number of hydrogen-bond donors (Lipinski definition) is 0. The summed E-state index contributed by atoms with van der Waals surface area (Å²) in [5.41, 5.74) is 0. The molecule has 0 heterocycles. The van der Waals surface area contributed by atoms with Crippen LogP contribution in [0, 0.1) is 14.9 Å².